The Balaban J connectivity index is 0.00000162. The van der Waals surface area contributed by atoms with Crippen molar-refractivity contribution in [3.63, 3.8) is 0 Å². The van der Waals surface area contributed by atoms with Crippen LogP contribution in [0.5, 0.6) is 0 Å². The molecular weight excluding hydrogens is 252 g/mol. The van der Waals surface area contributed by atoms with Crippen molar-refractivity contribution in [3.05, 3.63) is 0 Å². The quantitative estimate of drug-likeness (QED) is 0.724. The highest BCUT2D eigenvalue weighted by molar-refractivity contribution is 5.85. The summed E-state index contributed by atoms with van der Waals surface area (Å²) in [4.78, 5) is 11.8. The van der Waals surface area contributed by atoms with Gasteiger partial charge in [0.2, 0.25) is 5.91 Å². The average molecular weight is 277 g/mol. The molecule has 3 N–H and O–H groups in total. The fourth-order valence-corrected chi connectivity index (χ4v) is 2.91. The van der Waals surface area contributed by atoms with Crippen molar-refractivity contribution >= 4 is 18.3 Å². The molecule has 1 aliphatic heterocycles. The van der Waals surface area contributed by atoms with E-state index in [1.165, 1.54) is 12.8 Å². The first kappa shape index (κ1) is 15.7. The van der Waals surface area contributed by atoms with Crippen LogP contribution in [0.25, 0.3) is 0 Å². The Morgan fingerprint density at radius 3 is 2.50 bits per heavy atom. The topological polar surface area (TPSA) is 61.4 Å². The zero-order chi connectivity index (χ0) is 12.1. The number of amides is 1. The summed E-state index contributed by atoms with van der Waals surface area (Å²) in [7, 11) is 0. The van der Waals surface area contributed by atoms with Gasteiger partial charge in [-0.25, -0.2) is 0 Å². The van der Waals surface area contributed by atoms with Gasteiger partial charge in [0.25, 0.3) is 0 Å². The Bertz CT molecular complexity index is 251. The van der Waals surface area contributed by atoms with E-state index in [9.17, 15) is 9.90 Å². The number of halogens is 1. The number of carbonyl (C=O) groups excluding carboxylic acids is 1. The van der Waals surface area contributed by atoms with E-state index in [1.54, 1.807) is 0 Å². The molecule has 1 heterocycles. The van der Waals surface area contributed by atoms with E-state index in [4.69, 9.17) is 0 Å². The molecule has 0 aromatic rings. The monoisotopic (exact) mass is 276 g/mol. The number of hydrogen-bond donors (Lipinski definition) is 3. The van der Waals surface area contributed by atoms with Gasteiger partial charge in [0.1, 0.15) is 0 Å². The molecule has 106 valence electrons. The Labute approximate surface area is 115 Å². The summed E-state index contributed by atoms with van der Waals surface area (Å²) in [6.45, 7) is 1.35. The van der Waals surface area contributed by atoms with Gasteiger partial charge in [-0.05, 0) is 38.1 Å². The second-order valence-electron chi connectivity index (χ2n) is 5.36. The first-order chi connectivity index (χ1) is 8.27. The summed E-state index contributed by atoms with van der Waals surface area (Å²) >= 11 is 0. The third-order valence-electron chi connectivity index (χ3n) is 4.06. The van der Waals surface area contributed by atoms with E-state index >= 15 is 0 Å². The van der Waals surface area contributed by atoms with Gasteiger partial charge in [0.15, 0.2) is 0 Å². The fourth-order valence-electron chi connectivity index (χ4n) is 2.91. The second-order valence-corrected chi connectivity index (χ2v) is 5.36. The van der Waals surface area contributed by atoms with E-state index in [2.05, 4.69) is 10.6 Å². The van der Waals surface area contributed by atoms with Crippen molar-refractivity contribution in [3.8, 4) is 0 Å². The highest BCUT2D eigenvalue weighted by atomic mass is 35.5. The molecule has 1 aliphatic carbocycles. The van der Waals surface area contributed by atoms with Crippen molar-refractivity contribution < 1.29 is 9.90 Å². The maximum atomic E-state index is 11.8. The molecule has 2 rings (SSSR count). The van der Waals surface area contributed by atoms with Gasteiger partial charge in [-0.2, -0.15) is 0 Å². The molecule has 2 atom stereocenters. The van der Waals surface area contributed by atoms with Crippen LogP contribution in [0.3, 0.4) is 0 Å². The van der Waals surface area contributed by atoms with Crippen LogP contribution in [-0.4, -0.2) is 36.2 Å². The first-order valence-electron chi connectivity index (χ1n) is 6.96. The molecule has 1 saturated heterocycles. The molecule has 5 heteroatoms. The third-order valence-corrected chi connectivity index (χ3v) is 4.06. The second kappa shape index (κ2) is 7.97. The van der Waals surface area contributed by atoms with Crippen molar-refractivity contribution in [1.82, 2.24) is 10.6 Å². The molecule has 1 amide bonds. The Morgan fingerprint density at radius 1 is 1.22 bits per heavy atom. The minimum absolute atomic E-state index is 0. The summed E-state index contributed by atoms with van der Waals surface area (Å²) in [5.41, 5.74) is 0. The number of nitrogens with one attached hydrogen (secondary N) is 2. The number of aliphatic hydroxyl groups excluding tert-OH is 1. The van der Waals surface area contributed by atoms with Crippen molar-refractivity contribution in [2.24, 2.45) is 5.92 Å². The standard InChI is InChI=1S/C13H24N2O2.ClH/c16-12(10-5-1-2-6-10)9-15-13(17)11-7-3-4-8-14-11;/h10-12,14,16H,1-9H2,(H,15,17);1H. The molecule has 2 aliphatic rings. The van der Waals surface area contributed by atoms with E-state index in [1.807, 2.05) is 0 Å². The van der Waals surface area contributed by atoms with E-state index in [0.29, 0.717) is 12.5 Å². The maximum absolute atomic E-state index is 11.8. The SMILES string of the molecule is Cl.O=C(NCC(O)C1CCCC1)C1CCCCN1. The average Bonchev–Trinajstić information content (AvgIpc) is 2.90. The molecular formula is C13H25ClN2O2. The summed E-state index contributed by atoms with van der Waals surface area (Å²) in [6.07, 6.45) is 7.51. The number of carbonyl (C=O) groups is 1. The van der Waals surface area contributed by atoms with Crippen molar-refractivity contribution in [2.75, 3.05) is 13.1 Å². The minimum Gasteiger partial charge on any atom is -0.391 e. The van der Waals surface area contributed by atoms with Crippen LogP contribution in [0.4, 0.5) is 0 Å². The van der Waals surface area contributed by atoms with E-state index in [-0.39, 0.29) is 30.5 Å². The summed E-state index contributed by atoms with van der Waals surface area (Å²) in [5, 5.41) is 16.1. The lowest BCUT2D eigenvalue weighted by Crippen LogP contribution is -2.48. The van der Waals surface area contributed by atoms with Crippen LogP contribution >= 0.6 is 12.4 Å². The number of rotatable bonds is 4. The van der Waals surface area contributed by atoms with Crippen LogP contribution in [-0.2, 0) is 4.79 Å². The van der Waals surface area contributed by atoms with Gasteiger partial charge in [0, 0.05) is 6.54 Å². The zero-order valence-electron chi connectivity index (χ0n) is 10.9. The van der Waals surface area contributed by atoms with E-state index < -0.39 is 0 Å². The van der Waals surface area contributed by atoms with Crippen LogP contribution in [0.15, 0.2) is 0 Å². The van der Waals surface area contributed by atoms with Gasteiger partial charge in [-0.15, -0.1) is 12.4 Å². The minimum atomic E-state index is -0.356. The highest BCUT2D eigenvalue weighted by Gasteiger charge is 2.25. The summed E-state index contributed by atoms with van der Waals surface area (Å²) in [6, 6.07) is -0.0421. The normalized spacial score (nSPS) is 26.4. The lowest BCUT2D eigenvalue weighted by atomic mass is 10.0. The summed E-state index contributed by atoms with van der Waals surface area (Å²) < 4.78 is 0. The lowest BCUT2D eigenvalue weighted by molar-refractivity contribution is -0.124. The highest BCUT2D eigenvalue weighted by Crippen LogP contribution is 2.27. The largest absolute Gasteiger partial charge is 0.391 e. The molecule has 0 bridgehead atoms. The van der Waals surface area contributed by atoms with E-state index in [0.717, 1.165) is 38.6 Å². The number of piperidine rings is 1. The Morgan fingerprint density at radius 2 is 1.89 bits per heavy atom. The van der Waals surface area contributed by atoms with Crippen LogP contribution in [0.1, 0.15) is 44.9 Å². The third kappa shape index (κ3) is 4.41. The van der Waals surface area contributed by atoms with Crippen LogP contribution < -0.4 is 10.6 Å². The van der Waals surface area contributed by atoms with Gasteiger partial charge in [-0.3, -0.25) is 4.79 Å². The lowest BCUT2D eigenvalue weighted by Gasteiger charge is -2.24. The maximum Gasteiger partial charge on any atom is 0.237 e. The van der Waals surface area contributed by atoms with Gasteiger partial charge < -0.3 is 15.7 Å². The van der Waals surface area contributed by atoms with Gasteiger partial charge >= 0.3 is 0 Å². The number of aliphatic hydroxyl groups is 1. The molecule has 1 saturated carbocycles. The Kier molecular flexibility index (Phi) is 6.97. The van der Waals surface area contributed by atoms with Crippen molar-refractivity contribution in [1.29, 1.82) is 0 Å². The molecule has 0 radical (unpaired) electrons. The molecule has 4 nitrogen and oxygen atoms in total. The van der Waals surface area contributed by atoms with Gasteiger partial charge in [0.05, 0.1) is 12.1 Å². The number of hydrogen-bond acceptors (Lipinski definition) is 3. The van der Waals surface area contributed by atoms with Crippen LogP contribution in [0, 0.1) is 5.92 Å². The van der Waals surface area contributed by atoms with Gasteiger partial charge in [-0.1, -0.05) is 19.3 Å². The molecule has 2 fully saturated rings. The predicted molar refractivity (Wildman–Crippen MR) is 73.9 cm³/mol. The van der Waals surface area contributed by atoms with Crippen LogP contribution in [0.2, 0.25) is 0 Å². The Hall–Kier alpha value is -0.320. The molecule has 2 unspecified atom stereocenters. The van der Waals surface area contributed by atoms with Crippen molar-refractivity contribution in [2.45, 2.75) is 57.1 Å². The predicted octanol–water partition coefficient (Wildman–Crippen LogP) is 1.22. The fraction of sp³-hybridized carbons (Fsp3) is 0.923. The molecule has 0 aromatic carbocycles. The first-order valence-corrected chi connectivity index (χ1v) is 6.96. The smallest absolute Gasteiger partial charge is 0.237 e. The molecule has 0 spiro atoms. The zero-order valence-corrected chi connectivity index (χ0v) is 11.7. The summed E-state index contributed by atoms with van der Waals surface area (Å²) in [5.74, 6) is 0.455. The molecule has 18 heavy (non-hydrogen) atoms. The molecule has 0 aromatic heterocycles.